The van der Waals surface area contributed by atoms with Gasteiger partial charge in [-0.15, -0.1) is 0 Å². The van der Waals surface area contributed by atoms with Crippen molar-refractivity contribution in [3.63, 3.8) is 0 Å². The summed E-state index contributed by atoms with van der Waals surface area (Å²) in [7, 11) is 0. The van der Waals surface area contributed by atoms with Crippen LogP contribution < -0.4 is 10.6 Å². The molecule has 1 aromatic rings. The molecule has 0 radical (unpaired) electrons. The van der Waals surface area contributed by atoms with Gasteiger partial charge in [0.1, 0.15) is 0 Å². The van der Waals surface area contributed by atoms with E-state index < -0.39 is 12.6 Å². The zero-order valence-corrected chi connectivity index (χ0v) is 10.1. The van der Waals surface area contributed by atoms with Crippen molar-refractivity contribution in [1.82, 2.24) is 0 Å². The number of nitrogen functional groups attached to an aromatic ring is 1. The molecule has 0 saturated carbocycles. The molecule has 1 aromatic carbocycles. The van der Waals surface area contributed by atoms with Crippen LogP contribution in [0.1, 0.15) is 24.8 Å². The molecule has 0 unspecified atom stereocenters. The van der Waals surface area contributed by atoms with Crippen LogP contribution in [0.3, 0.4) is 0 Å². The summed E-state index contributed by atoms with van der Waals surface area (Å²) in [5.41, 5.74) is 8.58. The Labute approximate surface area is 105 Å². The van der Waals surface area contributed by atoms with E-state index in [2.05, 4.69) is 0 Å². The summed E-state index contributed by atoms with van der Waals surface area (Å²) >= 11 is 0. The first-order chi connectivity index (χ1) is 8.46. The van der Waals surface area contributed by atoms with E-state index in [9.17, 15) is 13.2 Å². The first kappa shape index (κ1) is 13.1. The van der Waals surface area contributed by atoms with Gasteiger partial charge < -0.3 is 10.6 Å². The van der Waals surface area contributed by atoms with E-state index in [4.69, 9.17) is 5.73 Å². The van der Waals surface area contributed by atoms with Crippen LogP contribution in [0, 0.1) is 0 Å². The monoisotopic (exact) mass is 258 g/mol. The first-order valence-corrected chi connectivity index (χ1v) is 6.16. The van der Waals surface area contributed by atoms with Crippen LogP contribution in [-0.4, -0.2) is 19.3 Å². The zero-order valence-electron chi connectivity index (χ0n) is 10.1. The van der Waals surface area contributed by atoms with E-state index in [-0.39, 0.29) is 6.42 Å². The lowest BCUT2D eigenvalue weighted by molar-refractivity contribution is -0.135. The van der Waals surface area contributed by atoms with E-state index >= 15 is 0 Å². The second-order valence-electron chi connectivity index (χ2n) is 4.70. The van der Waals surface area contributed by atoms with Gasteiger partial charge in [-0.3, -0.25) is 0 Å². The van der Waals surface area contributed by atoms with Gasteiger partial charge in [0.15, 0.2) is 0 Å². The molecule has 2 N–H and O–H groups in total. The van der Waals surface area contributed by atoms with Crippen LogP contribution in [-0.2, 0) is 6.42 Å². The average molecular weight is 258 g/mol. The Balaban J connectivity index is 2.01. The van der Waals surface area contributed by atoms with Crippen LogP contribution in [0.4, 0.5) is 24.5 Å². The maximum atomic E-state index is 12.1. The number of rotatable bonds is 3. The Hall–Kier alpha value is -1.39. The Morgan fingerprint density at radius 2 is 2.06 bits per heavy atom. The van der Waals surface area contributed by atoms with Crippen molar-refractivity contribution in [2.24, 2.45) is 0 Å². The summed E-state index contributed by atoms with van der Waals surface area (Å²) in [5, 5.41) is 0. The predicted octanol–water partition coefficient (Wildman–Crippen LogP) is 3.36. The molecule has 0 amide bonds. The molecule has 5 heteroatoms. The van der Waals surface area contributed by atoms with Crippen molar-refractivity contribution < 1.29 is 13.2 Å². The van der Waals surface area contributed by atoms with Crippen molar-refractivity contribution in [3.05, 3.63) is 23.8 Å². The summed E-state index contributed by atoms with van der Waals surface area (Å²) < 4.78 is 36.4. The molecule has 1 aliphatic heterocycles. The normalized spacial score (nSPS) is 15.6. The molecule has 100 valence electrons. The molecule has 18 heavy (non-hydrogen) atoms. The number of fused-ring (bicyclic) bond motifs is 1. The van der Waals surface area contributed by atoms with Gasteiger partial charge in [0.05, 0.1) is 0 Å². The third-order valence-electron chi connectivity index (χ3n) is 3.21. The van der Waals surface area contributed by atoms with Gasteiger partial charge in [0, 0.05) is 30.9 Å². The lowest BCUT2D eigenvalue weighted by Gasteiger charge is -2.31. The minimum absolute atomic E-state index is 0.137. The van der Waals surface area contributed by atoms with Crippen molar-refractivity contribution in [1.29, 1.82) is 0 Å². The summed E-state index contributed by atoms with van der Waals surface area (Å²) in [6, 6.07) is 5.68. The third-order valence-corrected chi connectivity index (χ3v) is 3.21. The fourth-order valence-corrected chi connectivity index (χ4v) is 2.37. The van der Waals surface area contributed by atoms with Crippen molar-refractivity contribution in [2.75, 3.05) is 23.7 Å². The van der Waals surface area contributed by atoms with Gasteiger partial charge in [0.25, 0.3) is 0 Å². The van der Waals surface area contributed by atoms with Gasteiger partial charge in [0.2, 0.25) is 0 Å². The number of nitrogens with two attached hydrogens (primary N) is 1. The van der Waals surface area contributed by atoms with E-state index in [1.807, 2.05) is 23.1 Å². The van der Waals surface area contributed by atoms with Crippen molar-refractivity contribution in [2.45, 2.75) is 31.9 Å². The number of halogens is 3. The quantitative estimate of drug-likeness (QED) is 0.842. The molecule has 0 atom stereocenters. The maximum Gasteiger partial charge on any atom is 0.389 e. The van der Waals surface area contributed by atoms with E-state index in [0.29, 0.717) is 12.2 Å². The lowest BCUT2D eigenvalue weighted by Crippen LogP contribution is -2.31. The Bertz CT molecular complexity index is 415. The first-order valence-electron chi connectivity index (χ1n) is 6.16. The molecule has 0 fully saturated rings. The summed E-state index contributed by atoms with van der Waals surface area (Å²) in [5.74, 6) is 0. The molecule has 0 spiro atoms. The number of hydrogen-bond acceptors (Lipinski definition) is 2. The molecule has 2 rings (SSSR count). The highest BCUT2D eigenvalue weighted by molar-refractivity contribution is 5.62. The Morgan fingerprint density at radius 1 is 1.28 bits per heavy atom. The number of benzene rings is 1. The predicted molar refractivity (Wildman–Crippen MR) is 66.7 cm³/mol. The SMILES string of the molecule is Nc1ccc2c(c1)N(CCCC(F)(F)F)CCC2. The molecule has 1 aliphatic rings. The van der Waals surface area contributed by atoms with E-state index in [1.54, 1.807) is 0 Å². The Morgan fingerprint density at radius 3 is 2.78 bits per heavy atom. The fourth-order valence-electron chi connectivity index (χ4n) is 2.37. The molecule has 2 nitrogen and oxygen atoms in total. The number of aryl methyl sites for hydroxylation is 1. The highest BCUT2D eigenvalue weighted by Gasteiger charge is 2.27. The van der Waals surface area contributed by atoms with E-state index in [1.165, 1.54) is 5.56 Å². The summed E-state index contributed by atoms with van der Waals surface area (Å²) in [6.07, 6.45) is -2.68. The highest BCUT2D eigenvalue weighted by atomic mass is 19.4. The topological polar surface area (TPSA) is 29.3 Å². The number of alkyl halides is 3. The second kappa shape index (κ2) is 5.08. The van der Waals surface area contributed by atoms with Crippen LogP contribution in [0.25, 0.3) is 0 Å². The summed E-state index contributed by atoms with van der Waals surface area (Å²) in [4.78, 5) is 2.01. The van der Waals surface area contributed by atoms with Crippen LogP contribution >= 0.6 is 0 Å². The number of hydrogen-bond donors (Lipinski definition) is 1. The van der Waals surface area contributed by atoms with Gasteiger partial charge in [-0.05, 0) is 37.0 Å². The molecule has 0 aliphatic carbocycles. The molecule has 1 heterocycles. The molecule has 0 aromatic heterocycles. The standard InChI is InChI=1S/C13H17F3N2/c14-13(15,16)6-2-8-18-7-1-3-10-4-5-11(17)9-12(10)18/h4-5,9H,1-3,6-8,17H2. The smallest absolute Gasteiger partial charge is 0.389 e. The minimum Gasteiger partial charge on any atom is -0.399 e. The minimum atomic E-state index is -4.06. The largest absolute Gasteiger partial charge is 0.399 e. The van der Waals surface area contributed by atoms with Crippen LogP contribution in [0.2, 0.25) is 0 Å². The van der Waals surface area contributed by atoms with E-state index in [0.717, 1.165) is 25.1 Å². The van der Waals surface area contributed by atoms with Crippen LogP contribution in [0.5, 0.6) is 0 Å². The summed E-state index contributed by atoms with van der Waals surface area (Å²) in [6.45, 7) is 1.25. The molecular weight excluding hydrogens is 241 g/mol. The van der Waals surface area contributed by atoms with Gasteiger partial charge in [-0.2, -0.15) is 13.2 Å². The van der Waals surface area contributed by atoms with Gasteiger partial charge in [-0.1, -0.05) is 6.07 Å². The molecule has 0 saturated heterocycles. The fraction of sp³-hybridized carbons (Fsp3) is 0.538. The second-order valence-corrected chi connectivity index (χ2v) is 4.70. The third kappa shape index (κ3) is 3.31. The molecule has 0 bridgehead atoms. The van der Waals surface area contributed by atoms with Crippen molar-refractivity contribution >= 4 is 11.4 Å². The average Bonchev–Trinajstić information content (AvgIpc) is 2.28. The van der Waals surface area contributed by atoms with Gasteiger partial charge in [-0.25, -0.2) is 0 Å². The lowest BCUT2D eigenvalue weighted by atomic mass is 10.0. The zero-order chi connectivity index (χ0) is 13.2. The Kier molecular flexibility index (Phi) is 3.68. The number of anilines is 2. The van der Waals surface area contributed by atoms with Crippen molar-refractivity contribution in [3.8, 4) is 0 Å². The highest BCUT2D eigenvalue weighted by Crippen LogP contribution is 2.30. The molecular formula is C13H17F3N2. The maximum absolute atomic E-state index is 12.1. The number of nitrogens with zero attached hydrogens (tertiary/aromatic N) is 1. The van der Waals surface area contributed by atoms with Gasteiger partial charge >= 0.3 is 6.18 Å². The van der Waals surface area contributed by atoms with Crippen LogP contribution in [0.15, 0.2) is 18.2 Å².